The molecule has 112 valence electrons. The Hall–Kier alpha value is -2.28. The van der Waals surface area contributed by atoms with E-state index in [0.717, 1.165) is 35.0 Å². The molecule has 1 saturated heterocycles. The molecule has 2 aromatic heterocycles. The van der Waals surface area contributed by atoms with E-state index in [2.05, 4.69) is 25.1 Å². The smallest absolute Gasteiger partial charge is 0.258 e. The Balaban J connectivity index is 1.79. The SMILES string of the molecule is Cc1nnc(N2CCCC2c2nc3ccccc3c(=O)[nH]2)s1. The first-order chi connectivity index (χ1) is 10.7. The number of aryl methyl sites for hydroxylation is 1. The summed E-state index contributed by atoms with van der Waals surface area (Å²) in [5.41, 5.74) is 0.655. The van der Waals surface area contributed by atoms with Gasteiger partial charge in [0.05, 0.1) is 16.9 Å². The van der Waals surface area contributed by atoms with Crippen LogP contribution in [0.25, 0.3) is 10.9 Å². The summed E-state index contributed by atoms with van der Waals surface area (Å²) in [5.74, 6) is 0.717. The van der Waals surface area contributed by atoms with Crippen LogP contribution in [0.15, 0.2) is 29.1 Å². The third kappa shape index (κ3) is 2.18. The van der Waals surface area contributed by atoms with E-state index < -0.39 is 0 Å². The van der Waals surface area contributed by atoms with Crippen molar-refractivity contribution in [2.24, 2.45) is 0 Å². The van der Waals surface area contributed by atoms with E-state index in [1.807, 2.05) is 25.1 Å². The maximum absolute atomic E-state index is 12.3. The monoisotopic (exact) mass is 313 g/mol. The van der Waals surface area contributed by atoms with Gasteiger partial charge in [0.15, 0.2) is 0 Å². The lowest BCUT2D eigenvalue weighted by atomic mass is 10.2. The van der Waals surface area contributed by atoms with E-state index in [1.54, 1.807) is 17.4 Å². The number of rotatable bonds is 2. The van der Waals surface area contributed by atoms with E-state index in [4.69, 9.17) is 0 Å². The molecule has 0 radical (unpaired) electrons. The highest BCUT2D eigenvalue weighted by Crippen LogP contribution is 2.35. The summed E-state index contributed by atoms with van der Waals surface area (Å²) in [6, 6.07) is 7.49. The molecule has 0 bridgehead atoms. The first-order valence-electron chi connectivity index (χ1n) is 7.28. The Morgan fingerprint density at radius 3 is 3.00 bits per heavy atom. The lowest BCUT2D eigenvalue weighted by Gasteiger charge is -2.22. The zero-order valence-electron chi connectivity index (χ0n) is 12.1. The van der Waals surface area contributed by atoms with Crippen molar-refractivity contribution < 1.29 is 0 Å². The van der Waals surface area contributed by atoms with Crippen LogP contribution in [0, 0.1) is 6.92 Å². The fourth-order valence-electron chi connectivity index (χ4n) is 2.94. The first-order valence-corrected chi connectivity index (χ1v) is 8.10. The highest BCUT2D eigenvalue weighted by Gasteiger charge is 2.30. The molecule has 22 heavy (non-hydrogen) atoms. The summed E-state index contributed by atoms with van der Waals surface area (Å²) in [6.07, 6.45) is 2.01. The number of aromatic amines is 1. The Morgan fingerprint density at radius 2 is 2.18 bits per heavy atom. The average molecular weight is 313 g/mol. The molecule has 0 saturated carbocycles. The number of benzene rings is 1. The van der Waals surface area contributed by atoms with E-state index in [1.165, 1.54) is 0 Å². The lowest BCUT2D eigenvalue weighted by Crippen LogP contribution is -2.26. The maximum Gasteiger partial charge on any atom is 0.258 e. The van der Waals surface area contributed by atoms with Gasteiger partial charge in [-0.15, -0.1) is 10.2 Å². The van der Waals surface area contributed by atoms with Crippen LogP contribution in [-0.2, 0) is 0 Å². The van der Waals surface area contributed by atoms with Crippen molar-refractivity contribution in [1.82, 2.24) is 20.2 Å². The van der Waals surface area contributed by atoms with Gasteiger partial charge >= 0.3 is 0 Å². The summed E-state index contributed by atoms with van der Waals surface area (Å²) in [6.45, 7) is 2.86. The standard InChI is InChI=1S/C15H15N5OS/c1-9-18-19-15(22-9)20-8-4-7-12(20)13-16-11-6-3-2-5-10(11)14(21)17-13/h2-3,5-6,12H,4,7-8H2,1H3,(H,16,17,21). The number of nitrogens with one attached hydrogen (secondary N) is 1. The lowest BCUT2D eigenvalue weighted by molar-refractivity contribution is 0.663. The largest absolute Gasteiger partial charge is 0.336 e. The number of hydrogen-bond donors (Lipinski definition) is 1. The molecular formula is C15H15N5OS. The Morgan fingerprint density at radius 1 is 1.32 bits per heavy atom. The molecule has 6 nitrogen and oxygen atoms in total. The predicted octanol–water partition coefficient (Wildman–Crippen LogP) is 2.42. The van der Waals surface area contributed by atoms with Crippen molar-refractivity contribution in [3.63, 3.8) is 0 Å². The van der Waals surface area contributed by atoms with Gasteiger partial charge in [0.25, 0.3) is 5.56 Å². The Kier molecular flexibility index (Phi) is 3.15. The predicted molar refractivity (Wildman–Crippen MR) is 86.3 cm³/mol. The molecule has 0 amide bonds. The van der Waals surface area contributed by atoms with Gasteiger partial charge in [-0.3, -0.25) is 4.79 Å². The molecule has 0 aliphatic carbocycles. The van der Waals surface area contributed by atoms with Crippen LogP contribution >= 0.6 is 11.3 Å². The molecule has 7 heteroatoms. The van der Waals surface area contributed by atoms with Crippen LogP contribution in [0.2, 0.25) is 0 Å². The fourth-order valence-corrected chi connectivity index (χ4v) is 3.71. The van der Waals surface area contributed by atoms with Gasteiger partial charge in [0, 0.05) is 6.54 Å². The maximum atomic E-state index is 12.3. The summed E-state index contributed by atoms with van der Waals surface area (Å²) in [7, 11) is 0. The number of hydrogen-bond acceptors (Lipinski definition) is 6. The molecule has 1 N–H and O–H groups in total. The van der Waals surface area contributed by atoms with Crippen molar-refractivity contribution in [2.45, 2.75) is 25.8 Å². The number of nitrogens with zero attached hydrogens (tertiary/aromatic N) is 4. The van der Waals surface area contributed by atoms with Crippen LogP contribution in [0.5, 0.6) is 0 Å². The highest BCUT2D eigenvalue weighted by molar-refractivity contribution is 7.15. The summed E-state index contributed by atoms with van der Waals surface area (Å²) >= 11 is 1.58. The van der Waals surface area contributed by atoms with Gasteiger partial charge in [0.1, 0.15) is 10.8 Å². The number of fused-ring (bicyclic) bond motifs is 1. The summed E-state index contributed by atoms with van der Waals surface area (Å²) < 4.78 is 0. The molecule has 1 aliphatic rings. The van der Waals surface area contributed by atoms with Gasteiger partial charge in [-0.25, -0.2) is 4.98 Å². The van der Waals surface area contributed by atoms with Crippen molar-refractivity contribution in [3.05, 3.63) is 45.5 Å². The number of aromatic nitrogens is 4. The van der Waals surface area contributed by atoms with Gasteiger partial charge in [-0.2, -0.15) is 0 Å². The van der Waals surface area contributed by atoms with Crippen LogP contribution in [0.1, 0.15) is 29.7 Å². The van der Waals surface area contributed by atoms with Crippen molar-refractivity contribution in [3.8, 4) is 0 Å². The summed E-state index contributed by atoms with van der Waals surface area (Å²) in [4.78, 5) is 22.1. The third-order valence-corrected chi connectivity index (χ3v) is 4.84. The molecule has 3 aromatic rings. The van der Waals surface area contributed by atoms with Crippen LogP contribution in [0.3, 0.4) is 0 Å². The molecule has 1 unspecified atom stereocenters. The van der Waals surface area contributed by atoms with Gasteiger partial charge in [-0.1, -0.05) is 23.5 Å². The Bertz CT molecular complexity index is 887. The topological polar surface area (TPSA) is 74.8 Å². The van der Waals surface area contributed by atoms with Crippen LogP contribution in [0.4, 0.5) is 5.13 Å². The molecule has 0 spiro atoms. The molecule has 4 rings (SSSR count). The minimum Gasteiger partial charge on any atom is -0.336 e. The van der Waals surface area contributed by atoms with Gasteiger partial charge in [0.2, 0.25) is 5.13 Å². The Labute approximate surface area is 130 Å². The highest BCUT2D eigenvalue weighted by atomic mass is 32.1. The molecule has 1 aromatic carbocycles. The second-order valence-electron chi connectivity index (χ2n) is 5.42. The minimum atomic E-state index is -0.0825. The van der Waals surface area contributed by atoms with Gasteiger partial charge in [-0.05, 0) is 31.9 Å². The zero-order chi connectivity index (χ0) is 15.1. The molecule has 3 heterocycles. The number of para-hydroxylation sites is 1. The number of anilines is 1. The van der Waals surface area contributed by atoms with Gasteiger partial charge < -0.3 is 9.88 Å². The first kappa shape index (κ1) is 13.4. The van der Waals surface area contributed by atoms with Crippen molar-refractivity contribution in [2.75, 3.05) is 11.4 Å². The average Bonchev–Trinajstić information content (AvgIpc) is 3.15. The molecular weight excluding hydrogens is 298 g/mol. The third-order valence-electron chi connectivity index (χ3n) is 3.96. The van der Waals surface area contributed by atoms with E-state index in [-0.39, 0.29) is 11.6 Å². The van der Waals surface area contributed by atoms with E-state index >= 15 is 0 Å². The fraction of sp³-hybridized carbons (Fsp3) is 0.333. The molecule has 1 atom stereocenters. The van der Waals surface area contributed by atoms with E-state index in [9.17, 15) is 4.79 Å². The van der Waals surface area contributed by atoms with Crippen molar-refractivity contribution >= 4 is 27.4 Å². The van der Waals surface area contributed by atoms with Crippen LogP contribution in [-0.4, -0.2) is 26.7 Å². The second-order valence-corrected chi connectivity index (χ2v) is 6.58. The quantitative estimate of drug-likeness (QED) is 0.786. The summed E-state index contributed by atoms with van der Waals surface area (Å²) in [5, 5.41) is 10.8. The van der Waals surface area contributed by atoms with Crippen molar-refractivity contribution in [1.29, 1.82) is 0 Å². The molecule has 1 aliphatic heterocycles. The second kappa shape index (κ2) is 5.17. The zero-order valence-corrected chi connectivity index (χ0v) is 12.9. The number of H-pyrrole nitrogens is 1. The van der Waals surface area contributed by atoms with Crippen LogP contribution < -0.4 is 10.5 Å². The normalized spacial score (nSPS) is 18.2. The van der Waals surface area contributed by atoms with E-state index in [0.29, 0.717) is 11.2 Å². The molecule has 1 fully saturated rings. The minimum absolute atomic E-state index is 0.0599.